The molecule has 3 aromatic carbocycles. The highest BCUT2D eigenvalue weighted by molar-refractivity contribution is 7.09. The number of halogens is 1. The molecule has 1 atom stereocenters. The van der Waals surface area contributed by atoms with Crippen molar-refractivity contribution in [3.8, 4) is 0 Å². The van der Waals surface area contributed by atoms with Gasteiger partial charge in [0.1, 0.15) is 5.82 Å². The lowest BCUT2D eigenvalue weighted by atomic mass is 10.1. The predicted octanol–water partition coefficient (Wildman–Crippen LogP) is 5.68. The van der Waals surface area contributed by atoms with Gasteiger partial charge in [0.2, 0.25) is 5.13 Å². The Bertz CT molecular complexity index is 1270. The average Bonchev–Trinajstić information content (AvgIpc) is 3.29. The van der Waals surface area contributed by atoms with E-state index in [4.69, 9.17) is 16.6 Å². The number of anilines is 2. The Labute approximate surface area is 202 Å². The Kier molecular flexibility index (Phi) is 6.15. The minimum absolute atomic E-state index is 0.0531. The van der Waals surface area contributed by atoms with Crippen LogP contribution in [0, 0.1) is 0 Å². The van der Waals surface area contributed by atoms with Crippen molar-refractivity contribution in [3.63, 3.8) is 0 Å². The summed E-state index contributed by atoms with van der Waals surface area (Å²) in [6.45, 7) is 4.15. The van der Waals surface area contributed by atoms with Gasteiger partial charge in [0.05, 0.1) is 5.69 Å². The first-order chi connectivity index (χ1) is 16.1. The molecular formula is C25H24ClN5OS. The van der Waals surface area contributed by atoms with Crippen LogP contribution in [0.25, 0.3) is 10.8 Å². The first-order valence-electron chi connectivity index (χ1n) is 10.9. The van der Waals surface area contributed by atoms with Crippen molar-refractivity contribution in [3.05, 3.63) is 83.1 Å². The van der Waals surface area contributed by atoms with Gasteiger partial charge in [0.15, 0.2) is 0 Å². The van der Waals surface area contributed by atoms with Gasteiger partial charge in [-0.25, -0.2) is 9.78 Å². The number of hydrogen-bond acceptors (Lipinski definition) is 5. The van der Waals surface area contributed by atoms with Gasteiger partial charge in [-0.3, -0.25) is 0 Å². The van der Waals surface area contributed by atoms with Gasteiger partial charge in [-0.05, 0) is 36.1 Å². The fourth-order valence-corrected chi connectivity index (χ4v) is 5.03. The van der Waals surface area contributed by atoms with Crippen LogP contribution in [0.3, 0.4) is 0 Å². The summed E-state index contributed by atoms with van der Waals surface area (Å²) >= 11 is 7.38. The largest absolute Gasteiger partial charge is 0.343 e. The van der Waals surface area contributed by atoms with E-state index in [0.717, 1.165) is 51.1 Å². The lowest BCUT2D eigenvalue weighted by Gasteiger charge is -2.39. The molecule has 1 aliphatic rings. The molecule has 8 heteroatoms. The second-order valence-corrected chi connectivity index (χ2v) is 9.41. The summed E-state index contributed by atoms with van der Waals surface area (Å²) in [6.07, 6.45) is 0.677. The van der Waals surface area contributed by atoms with Crippen LogP contribution in [0.4, 0.5) is 15.6 Å². The van der Waals surface area contributed by atoms with Gasteiger partial charge >= 0.3 is 6.03 Å². The van der Waals surface area contributed by atoms with Gasteiger partial charge in [-0.1, -0.05) is 60.1 Å². The number of carbonyl (C=O) groups is 1. The number of hydrogen-bond donors (Lipinski definition) is 1. The molecule has 2 heterocycles. The molecule has 6 nitrogen and oxygen atoms in total. The van der Waals surface area contributed by atoms with Crippen molar-refractivity contribution in [1.29, 1.82) is 0 Å². The zero-order chi connectivity index (χ0) is 22.8. The van der Waals surface area contributed by atoms with E-state index >= 15 is 0 Å². The van der Waals surface area contributed by atoms with Gasteiger partial charge in [-0.15, -0.1) is 0 Å². The van der Waals surface area contributed by atoms with Gasteiger partial charge in [-0.2, -0.15) is 4.37 Å². The average molecular weight is 478 g/mol. The number of carbonyl (C=O) groups excluding carboxylic acids is 1. The second kappa shape index (κ2) is 9.37. The lowest BCUT2D eigenvalue weighted by molar-refractivity contribution is 0.185. The van der Waals surface area contributed by atoms with E-state index in [1.165, 1.54) is 11.5 Å². The van der Waals surface area contributed by atoms with Crippen LogP contribution in [-0.2, 0) is 6.42 Å². The molecule has 33 heavy (non-hydrogen) atoms. The fraction of sp³-hybridized carbons (Fsp3) is 0.240. The van der Waals surface area contributed by atoms with E-state index in [0.29, 0.717) is 13.0 Å². The Morgan fingerprint density at radius 2 is 1.88 bits per heavy atom. The molecular weight excluding hydrogens is 454 g/mol. The van der Waals surface area contributed by atoms with Crippen LogP contribution in [0.1, 0.15) is 18.3 Å². The molecule has 0 aliphatic carbocycles. The van der Waals surface area contributed by atoms with E-state index in [9.17, 15) is 4.79 Å². The maximum atomic E-state index is 13.1. The van der Waals surface area contributed by atoms with E-state index in [1.807, 2.05) is 59.5 Å². The van der Waals surface area contributed by atoms with E-state index < -0.39 is 0 Å². The summed E-state index contributed by atoms with van der Waals surface area (Å²) in [6, 6.07) is 21.8. The molecule has 2 amide bonds. The minimum atomic E-state index is -0.0702. The van der Waals surface area contributed by atoms with Crippen molar-refractivity contribution < 1.29 is 4.79 Å². The Morgan fingerprint density at radius 3 is 2.70 bits per heavy atom. The normalized spacial score (nSPS) is 16.2. The molecule has 4 aromatic rings. The molecule has 1 aromatic heterocycles. The van der Waals surface area contributed by atoms with E-state index in [1.54, 1.807) is 0 Å². The number of amides is 2. The summed E-state index contributed by atoms with van der Waals surface area (Å²) < 4.78 is 4.54. The van der Waals surface area contributed by atoms with Crippen LogP contribution in [-0.4, -0.2) is 46.0 Å². The second-order valence-electron chi connectivity index (χ2n) is 8.24. The lowest BCUT2D eigenvalue weighted by Crippen LogP contribution is -2.55. The standard InChI is InChI=1S/C25H24ClN5OS/c1-17-16-30(25-28-23(29-33-25)15-18-9-11-20(26)12-10-18)13-14-31(17)24(32)27-22-8-4-6-19-5-2-3-7-21(19)22/h2-12,17H,13-16H2,1H3,(H,27,32). The van der Waals surface area contributed by atoms with Gasteiger partial charge < -0.3 is 15.1 Å². The Balaban J connectivity index is 1.22. The van der Waals surface area contributed by atoms with Crippen LogP contribution >= 0.6 is 23.1 Å². The van der Waals surface area contributed by atoms with Crippen molar-refractivity contribution in [2.75, 3.05) is 29.9 Å². The summed E-state index contributed by atoms with van der Waals surface area (Å²) in [5, 5.41) is 6.89. The predicted molar refractivity (Wildman–Crippen MR) is 136 cm³/mol. The number of nitrogens with one attached hydrogen (secondary N) is 1. The molecule has 5 rings (SSSR count). The Hall–Kier alpha value is -3.16. The number of aromatic nitrogens is 2. The Morgan fingerprint density at radius 1 is 1.09 bits per heavy atom. The minimum Gasteiger partial charge on any atom is -0.343 e. The number of urea groups is 1. The van der Waals surface area contributed by atoms with Crippen molar-refractivity contribution in [2.24, 2.45) is 0 Å². The molecule has 1 aliphatic heterocycles. The number of rotatable bonds is 4. The summed E-state index contributed by atoms with van der Waals surface area (Å²) in [7, 11) is 0. The number of nitrogens with zero attached hydrogens (tertiary/aromatic N) is 4. The van der Waals surface area contributed by atoms with Gasteiger partial charge in [0.25, 0.3) is 0 Å². The third kappa shape index (κ3) is 4.79. The maximum Gasteiger partial charge on any atom is 0.322 e. The van der Waals surface area contributed by atoms with E-state index in [2.05, 4.69) is 33.6 Å². The zero-order valence-corrected chi connectivity index (χ0v) is 19.8. The summed E-state index contributed by atoms with van der Waals surface area (Å²) in [5.74, 6) is 0.807. The van der Waals surface area contributed by atoms with Crippen LogP contribution in [0.5, 0.6) is 0 Å². The van der Waals surface area contributed by atoms with Gasteiger partial charge in [0, 0.05) is 54.0 Å². The first-order valence-corrected chi connectivity index (χ1v) is 12.1. The van der Waals surface area contributed by atoms with E-state index in [-0.39, 0.29) is 12.1 Å². The molecule has 168 valence electrons. The zero-order valence-electron chi connectivity index (χ0n) is 18.2. The van der Waals surface area contributed by atoms with Crippen LogP contribution in [0.2, 0.25) is 5.02 Å². The van der Waals surface area contributed by atoms with Crippen molar-refractivity contribution in [1.82, 2.24) is 14.3 Å². The van der Waals surface area contributed by atoms with Crippen molar-refractivity contribution in [2.45, 2.75) is 19.4 Å². The third-order valence-electron chi connectivity index (χ3n) is 5.92. The number of piperazine rings is 1. The summed E-state index contributed by atoms with van der Waals surface area (Å²) in [5.41, 5.74) is 1.97. The molecule has 0 bridgehead atoms. The number of benzene rings is 3. The number of fused-ring (bicyclic) bond motifs is 1. The molecule has 0 radical (unpaired) electrons. The molecule has 1 N–H and O–H groups in total. The molecule has 1 fully saturated rings. The smallest absolute Gasteiger partial charge is 0.322 e. The fourth-order valence-electron chi connectivity index (χ4n) is 4.18. The highest BCUT2D eigenvalue weighted by Crippen LogP contribution is 2.26. The third-order valence-corrected chi connectivity index (χ3v) is 6.99. The van der Waals surface area contributed by atoms with Crippen LogP contribution < -0.4 is 10.2 Å². The SMILES string of the molecule is CC1CN(c2nc(Cc3ccc(Cl)cc3)ns2)CCN1C(=O)Nc1cccc2ccccc12. The monoisotopic (exact) mass is 477 g/mol. The maximum absolute atomic E-state index is 13.1. The molecule has 1 saturated heterocycles. The quantitative estimate of drug-likeness (QED) is 0.411. The summed E-state index contributed by atoms with van der Waals surface area (Å²) in [4.78, 5) is 21.9. The molecule has 1 unspecified atom stereocenters. The molecule has 0 spiro atoms. The van der Waals surface area contributed by atoms with Crippen molar-refractivity contribution >= 4 is 50.8 Å². The highest BCUT2D eigenvalue weighted by atomic mass is 35.5. The topological polar surface area (TPSA) is 61.4 Å². The highest BCUT2D eigenvalue weighted by Gasteiger charge is 2.29. The van der Waals surface area contributed by atoms with Crippen LogP contribution in [0.15, 0.2) is 66.7 Å². The first kappa shape index (κ1) is 21.7. The molecule has 0 saturated carbocycles.